The summed E-state index contributed by atoms with van der Waals surface area (Å²) in [7, 11) is 0. The summed E-state index contributed by atoms with van der Waals surface area (Å²) in [5, 5.41) is 13.0. The van der Waals surface area contributed by atoms with Gasteiger partial charge in [0.2, 0.25) is 5.95 Å². The average Bonchev–Trinajstić information content (AvgIpc) is 2.94. The maximum Gasteiger partial charge on any atom is 0.440 e. The fraction of sp³-hybridized carbons (Fsp3) is 0.400. The van der Waals surface area contributed by atoms with E-state index in [9.17, 15) is 27.9 Å². The number of benzene rings is 1. The molecule has 0 saturated carbocycles. The number of hydrogen-bond donors (Lipinski definition) is 3. The predicted octanol–water partition coefficient (Wildman–Crippen LogP) is 1.32. The topological polar surface area (TPSA) is 96.2 Å². The Bertz CT molecular complexity index is 904. The lowest BCUT2D eigenvalue weighted by Crippen LogP contribution is -2.64. The molecule has 10 heteroatoms. The fourth-order valence-electron chi connectivity index (χ4n) is 2.77. The molecule has 25 heavy (non-hydrogen) atoms. The van der Waals surface area contributed by atoms with Crippen LogP contribution < -0.4 is 10.6 Å². The van der Waals surface area contributed by atoms with Crippen molar-refractivity contribution < 1.29 is 27.9 Å². The fourth-order valence-corrected chi connectivity index (χ4v) is 2.77. The third-order valence-corrected chi connectivity index (χ3v) is 4.25. The highest BCUT2D eigenvalue weighted by molar-refractivity contribution is 6.05. The van der Waals surface area contributed by atoms with Crippen molar-refractivity contribution in [3.63, 3.8) is 0 Å². The first-order chi connectivity index (χ1) is 11.5. The highest BCUT2D eigenvalue weighted by atomic mass is 19.4. The number of hydrogen-bond acceptors (Lipinski definition) is 4. The Morgan fingerprint density at radius 3 is 2.52 bits per heavy atom. The van der Waals surface area contributed by atoms with Crippen molar-refractivity contribution in [3.05, 3.63) is 23.3 Å². The largest absolute Gasteiger partial charge is 0.440 e. The van der Waals surface area contributed by atoms with Crippen LogP contribution in [0.1, 0.15) is 18.1 Å². The van der Waals surface area contributed by atoms with Crippen LogP contribution in [0, 0.1) is 13.8 Å². The van der Waals surface area contributed by atoms with Crippen molar-refractivity contribution >= 4 is 28.8 Å². The Kier molecular flexibility index (Phi) is 3.57. The smallest absolute Gasteiger partial charge is 0.384 e. The highest BCUT2D eigenvalue weighted by Crippen LogP contribution is 2.44. The number of anilines is 1. The molecule has 1 aliphatic heterocycles. The molecule has 134 valence electrons. The van der Waals surface area contributed by atoms with Crippen LogP contribution in [-0.2, 0) is 15.3 Å². The molecule has 1 aromatic carbocycles. The van der Waals surface area contributed by atoms with E-state index in [1.165, 1.54) is 6.07 Å². The van der Waals surface area contributed by atoms with Crippen LogP contribution in [0.2, 0.25) is 0 Å². The molecule has 2 unspecified atom stereocenters. The lowest BCUT2D eigenvalue weighted by molar-refractivity contribution is -0.218. The SMILES string of the molecule is Cc1cc2nc3n(c2cc1C)C(NC(=O)C(C)O)(C(F)(F)F)C(=O)N3. The summed E-state index contributed by atoms with van der Waals surface area (Å²) in [5.41, 5.74) is -1.57. The molecule has 3 N–H and O–H groups in total. The predicted molar refractivity (Wildman–Crippen MR) is 81.7 cm³/mol. The Labute approximate surface area is 139 Å². The number of aryl methyl sites for hydroxylation is 2. The summed E-state index contributed by atoms with van der Waals surface area (Å²) in [4.78, 5) is 28.1. The van der Waals surface area contributed by atoms with E-state index in [1.807, 2.05) is 0 Å². The second kappa shape index (κ2) is 5.19. The number of carbonyl (C=O) groups excluding carboxylic acids is 2. The lowest BCUT2D eigenvalue weighted by Gasteiger charge is -2.32. The van der Waals surface area contributed by atoms with E-state index in [1.54, 1.807) is 25.2 Å². The van der Waals surface area contributed by atoms with Gasteiger partial charge in [-0.2, -0.15) is 13.2 Å². The molecule has 0 saturated heterocycles. The molecule has 2 aromatic rings. The highest BCUT2D eigenvalue weighted by Gasteiger charge is 2.67. The summed E-state index contributed by atoms with van der Waals surface area (Å²) < 4.78 is 42.5. The van der Waals surface area contributed by atoms with Gasteiger partial charge in [-0.25, -0.2) is 4.98 Å². The first-order valence-corrected chi connectivity index (χ1v) is 7.37. The summed E-state index contributed by atoms with van der Waals surface area (Å²) in [6.07, 6.45) is -6.89. The van der Waals surface area contributed by atoms with Gasteiger partial charge in [0.25, 0.3) is 17.5 Å². The summed E-state index contributed by atoms with van der Waals surface area (Å²) >= 11 is 0. The first kappa shape index (κ1) is 17.2. The van der Waals surface area contributed by atoms with E-state index in [4.69, 9.17) is 0 Å². The second-order valence-electron chi connectivity index (χ2n) is 6.02. The minimum atomic E-state index is -5.17. The number of alkyl halides is 3. The van der Waals surface area contributed by atoms with Crippen molar-refractivity contribution in [2.24, 2.45) is 0 Å². The number of fused-ring (bicyclic) bond motifs is 3. The van der Waals surface area contributed by atoms with Gasteiger partial charge in [0.15, 0.2) is 0 Å². The number of nitrogens with one attached hydrogen (secondary N) is 2. The molecule has 2 atom stereocenters. The quantitative estimate of drug-likeness (QED) is 0.756. The zero-order valence-electron chi connectivity index (χ0n) is 13.5. The molecule has 7 nitrogen and oxygen atoms in total. The molecule has 1 aromatic heterocycles. The normalized spacial score (nSPS) is 21.2. The number of amides is 2. The molecule has 0 radical (unpaired) electrons. The van der Waals surface area contributed by atoms with Gasteiger partial charge in [-0.3, -0.25) is 19.5 Å². The van der Waals surface area contributed by atoms with Crippen LogP contribution in [0.3, 0.4) is 0 Å². The van der Waals surface area contributed by atoms with Crippen LogP contribution in [0.25, 0.3) is 11.0 Å². The van der Waals surface area contributed by atoms with Crippen LogP contribution in [0.4, 0.5) is 19.1 Å². The maximum atomic E-state index is 13.9. The molecule has 0 aliphatic carbocycles. The molecule has 2 amide bonds. The Morgan fingerprint density at radius 1 is 1.36 bits per heavy atom. The van der Waals surface area contributed by atoms with Gasteiger partial charge in [0.05, 0.1) is 11.0 Å². The second-order valence-corrected chi connectivity index (χ2v) is 6.02. The monoisotopic (exact) mass is 356 g/mol. The standard InChI is InChI=1S/C15H15F3N4O3/c1-6-4-9-10(5-7(6)2)22-13(19-9)20-12(25)14(22,15(16,17)18)21-11(24)8(3)23/h4-5,8,23H,1-3H3,(H,21,24)(H,19,20,25). The number of rotatable bonds is 2. The Hall–Kier alpha value is -2.62. The number of carbonyl (C=O) groups is 2. The molecule has 2 heterocycles. The number of aromatic nitrogens is 2. The van der Waals surface area contributed by atoms with Crippen LogP contribution in [0.15, 0.2) is 12.1 Å². The number of aliphatic hydroxyl groups is 1. The minimum absolute atomic E-state index is 0.0414. The van der Waals surface area contributed by atoms with Gasteiger partial charge in [0, 0.05) is 0 Å². The Balaban J connectivity index is 2.33. The third-order valence-electron chi connectivity index (χ3n) is 4.25. The van der Waals surface area contributed by atoms with Gasteiger partial charge in [-0.1, -0.05) is 0 Å². The van der Waals surface area contributed by atoms with Crippen LogP contribution in [-0.4, -0.2) is 38.8 Å². The van der Waals surface area contributed by atoms with E-state index in [-0.39, 0.29) is 17.0 Å². The van der Waals surface area contributed by atoms with Crippen molar-refractivity contribution in [1.29, 1.82) is 0 Å². The summed E-state index contributed by atoms with van der Waals surface area (Å²) in [5.74, 6) is -3.14. The zero-order valence-corrected chi connectivity index (χ0v) is 13.5. The minimum Gasteiger partial charge on any atom is -0.384 e. The van der Waals surface area contributed by atoms with E-state index < -0.39 is 29.8 Å². The number of halogens is 3. The third kappa shape index (κ3) is 2.28. The average molecular weight is 356 g/mol. The maximum absolute atomic E-state index is 13.9. The number of imidazole rings is 1. The van der Waals surface area contributed by atoms with E-state index in [0.29, 0.717) is 10.1 Å². The van der Waals surface area contributed by atoms with E-state index in [0.717, 1.165) is 12.5 Å². The van der Waals surface area contributed by atoms with Crippen molar-refractivity contribution in [2.75, 3.05) is 5.32 Å². The summed E-state index contributed by atoms with van der Waals surface area (Å²) in [6.45, 7) is 4.50. The van der Waals surface area contributed by atoms with Gasteiger partial charge in [-0.05, 0) is 44.0 Å². The molecule has 0 fully saturated rings. The lowest BCUT2D eigenvalue weighted by atomic mass is 10.1. The molecular weight excluding hydrogens is 341 g/mol. The first-order valence-electron chi connectivity index (χ1n) is 7.37. The van der Waals surface area contributed by atoms with Crippen LogP contribution in [0.5, 0.6) is 0 Å². The van der Waals surface area contributed by atoms with Crippen molar-refractivity contribution in [1.82, 2.24) is 14.9 Å². The molecule has 0 bridgehead atoms. The number of nitrogens with zero attached hydrogens (tertiary/aromatic N) is 2. The van der Waals surface area contributed by atoms with Gasteiger partial charge < -0.3 is 10.4 Å². The van der Waals surface area contributed by atoms with Crippen LogP contribution >= 0.6 is 0 Å². The Morgan fingerprint density at radius 2 is 1.96 bits per heavy atom. The van der Waals surface area contributed by atoms with Gasteiger partial charge in [-0.15, -0.1) is 0 Å². The zero-order chi connectivity index (χ0) is 18.7. The van der Waals surface area contributed by atoms with Crippen molar-refractivity contribution in [2.45, 2.75) is 38.7 Å². The number of aliphatic hydroxyl groups excluding tert-OH is 1. The molecular formula is C15H15F3N4O3. The molecule has 0 spiro atoms. The van der Waals surface area contributed by atoms with Gasteiger partial charge in [0.1, 0.15) is 6.10 Å². The van der Waals surface area contributed by atoms with Crippen molar-refractivity contribution in [3.8, 4) is 0 Å². The van der Waals surface area contributed by atoms with E-state index in [2.05, 4.69) is 10.3 Å². The molecule has 1 aliphatic rings. The van der Waals surface area contributed by atoms with E-state index >= 15 is 0 Å². The molecule has 3 rings (SSSR count). The van der Waals surface area contributed by atoms with Gasteiger partial charge >= 0.3 is 6.18 Å². The summed E-state index contributed by atoms with van der Waals surface area (Å²) in [6, 6.07) is 3.07.